The minimum Gasteiger partial charge on any atom is -0.493 e. The van der Waals surface area contributed by atoms with E-state index in [-0.39, 0.29) is 11.4 Å². The number of carbonyl (C=O) groups is 2. The molecule has 0 aliphatic carbocycles. The molecule has 0 amide bonds. The van der Waals surface area contributed by atoms with E-state index >= 15 is 0 Å². The minimum absolute atomic E-state index is 0.00385. The van der Waals surface area contributed by atoms with Gasteiger partial charge in [-0.1, -0.05) is 13.8 Å². The highest BCUT2D eigenvalue weighted by molar-refractivity contribution is 5.92. The van der Waals surface area contributed by atoms with Crippen LogP contribution in [0.5, 0.6) is 5.75 Å². The van der Waals surface area contributed by atoms with Crippen molar-refractivity contribution >= 4 is 11.9 Å². The standard InChI is InChI=1S/C13H17NO5/c1-8(2)7-19-9-5-10(12(15)17-3)14-11(6-9)13(16)18-4/h5-6,8H,7H2,1-4H3. The van der Waals surface area contributed by atoms with Gasteiger partial charge in [-0.2, -0.15) is 0 Å². The van der Waals surface area contributed by atoms with Crippen LogP contribution >= 0.6 is 0 Å². The van der Waals surface area contributed by atoms with Crippen LogP contribution in [0.3, 0.4) is 0 Å². The molecular formula is C13H17NO5. The van der Waals surface area contributed by atoms with Crippen molar-refractivity contribution in [2.24, 2.45) is 5.92 Å². The van der Waals surface area contributed by atoms with Crippen LogP contribution in [0.2, 0.25) is 0 Å². The van der Waals surface area contributed by atoms with Gasteiger partial charge in [-0.15, -0.1) is 0 Å². The van der Waals surface area contributed by atoms with Gasteiger partial charge in [-0.05, 0) is 5.92 Å². The predicted octanol–water partition coefficient (Wildman–Crippen LogP) is 1.69. The highest BCUT2D eigenvalue weighted by atomic mass is 16.5. The normalized spacial score (nSPS) is 10.2. The molecule has 104 valence electrons. The van der Waals surface area contributed by atoms with Crippen LogP contribution in [-0.4, -0.2) is 37.7 Å². The van der Waals surface area contributed by atoms with Gasteiger partial charge in [0, 0.05) is 12.1 Å². The lowest BCUT2D eigenvalue weighted by molar-refractivity contribution is 0.0584. The maximum atomic E-state index is 11.5. The van der Waals surface area contributed by atoms with Crippen LogP contribution in [0.1, 0.15) is 34.8 Å². The molecule has 19 heavy (non-hydrogen) atoms. The Morgan fingerprint density at radius 3 is 1.95 bits per heavy atom. The lowest BCUT2D eigenvalue weighted by Crippen LogP contribution is -2.12. The first kappa shape index (κ1) is 14.9. The van der Waals surface area contributed by atoms with E-state index < -0.39 is 11.9 Å². The van der Waals surface area contributed by atoms with Crippen molar-refractivity contribution in [3.05, 3.63) is 23.5 Å². The lowest BCUT2D eigenvalue weighted by Gasteiger charge is -2.10. The maximum Gasteiger partial charge on any atom is 0.356 e. The van der Waals surface area contributed by atoms with Gasteiger partial charge < -0.3 is 14.2 Å². The molecule has 0 aromatic carbocycles. The smallest absolute Gasteiger partial charge is 0.356 e. The van der Waals surface area contributed by atoms with Crippen LogP contribution in [-0.2, 0) is 9.47 Å². The van der Waals surface area contributed by atoms with E-state index in [1.807, 2.05) is 13.8 Å². The predicted molar refractivity (Wildman–Crippen MR) is 67.2 cm³/mol. The number of methoxy groups -OCH3 is 2. The zero-order valence-corrected chi connectivity index (χ0v) is 11.4. The first-order valence-corrected chi connectivity index (χ1v) is 5.79. The Morgan fingerprint density at radius 1 is 1.11 bits per heavy atom. The number of hydrogen-bond donors (Lipinski definition) is 0. The third-order valence-electron chi connectivity index (χ3n) is 2.17. The van der Waals surface area contributed by atoms with Crippen molar-refractivity contribution in [2.75, 3.05) is 20.8 Å². The van der Waals surface area contributed by atoms with Crippen molar-refractivity contribution in [1.82, 2.24) is 4.98 Å². The average Bonchev–Trinajstić information content (AvgIpc) is 2.42. The highest BCUT2D eigenvalue weighted by Gasteiger charge is 2.16. The summed E-state index contributed by atoms with van der Waals surface area (Å²) in [6.45, 7) is 4.44. The molecule has 0 N–H and O–H groups in total. The molecule has 0 saturated carbocycles. The first-order chi connectivity index (χ1) is 8.97. The molecule has 0 bridgehead atoms. The molecule has 6 heteroatoms. The van der Waals surface area contributed by atoms with E-state index in [0.717, 1.165) is 0 Å². The monoisotopic (exact) mass is 267 g/mol. The molecule has 1 aromatic rings. The van der Waals surface area contributed by atoms with Crippen LogP contribution in [0.4, 0.5) is 0 Å². The second-order valence-electron chi connectivity index (χ2n) is 4.26. The molecule has 0 aliphatic rings. The van der Waals surface area contributed by atoms with Gasteiger partial charge in [-0.25, -0.2) is 14.6 Å². The highest BCUT2D eigenvalue weighted by Crippen LogP contribution is 2.16. The molecule has 0 aliphatic heterocycles. The number of carbonyl (C=O) groups excluding carboxylic acids is 2. The molecular weight excluding hydrogens is 250 g/mol. The van der Waals surface area contributed by atoms with Crippen molar-refractivity contribution in [2.45, 2.75) is 13.8 Å². The largest absolute Gasteiger partial charge is 0.493 e. The zero-order chi connectivity index (χ0) is 14.4. The summed E-state index contributed by atoms with van der Waals surface area (Å²) in [5, 5.41) is 0. The van der Waals surface area contributed by atoms with Crippen molar-refractivity contribution in [3.63, 3.8) is 0 Å². The van der Waals surface area contributed by atoms with Gasteiger partial charge in [0.25, 0.3) is 0 Å². The number of nitrogens with zero attached hydrogens (tertiary/aromatic N) is 1. The summed E-state index contributed by atoms with van der Waals surface area (Å²) in [5.74, 6) is -0.582. The summed E-state index contributed by atoms with van der Waals surface area (Å²) in [7, 11) is 2.48. The zero-order valence-electron chi connectivity index (χ0n) is 11.4. The maximum absolute atomic E-state index is 11.5. The van der Waals surface area contributed by atoms with Gasteiger partial charge in [0.05, 0.1) is 20.8 Å². The topological polar surface area (TPSA) is 74.7 Å². The summed E-state index contributed by atoms with van der Waals surface area (Å²) in [6, 6.07) is 2.86. The van der Waals surface area contributed by atoms with Gasteiger partial charge in [0.1, 0.15) is 5.75 Å². The van der Waals surface area contributed by atoms with Crippen molar-refractivity contribution in [3.8, 4) is 5.75 Å². The van der Waals surface area contributed by atoms with Gasteiger partial charge in [-0.3, -0.25) is 0 Å². The van der Waals surface area contributed by atoms with E-state index in [2.05, 4.69) is 14.5 Å². The van der Waals surface area contributed by atoms with E-state index in [9.17, 15) is 9.59 Å². The summed E-state index contributed by atoms with van der Waals surface area (Å²) in [5.41, 5.74) is 0.00770. The SMILES string of the molecule is COC(=O)c1cc(OCC(C)C)cc(C(=O)OC)n1. The summed E-state index contributed by atoms with van der Waals surface area (Å²) < 4.78 is 14.6. The Hall–Kier alpha value is -2.11. The molecule has 0 atom stereocenters. The lowest BCUT2D eigenvalue weighted by atomic mass is 10.2. The number of esters is 2. The van der Waals surface area contributed by atoms with Crippen LogP contribution in [0, 0.1) is 5.92 Å². The summed E-state index contributed by atoms with van der Waals surface area (Å²) >= 11 is 0. The fourth-order valence-corrected chi connectivity index (χ4v) is 1.27. The fourth-order valence-electron chi connectivity index (χ4n) is 1.27. The Labute approximate surface area is 111 Å². The number of ether oxygens (including phenoxy) is 3. The van der Waals surface area contributed by atoms with Crippen molar-refractivity contribution < 1.29 is 23.8 Å². The van der Waals surface area contributed by atoms with E-state index in [1.165, 1.54) is 26.4 Å². The average molecular weight is 267 g/mol. The number of pyridine rings is 1. The Morgan fingerprint density at radius 2 is 1.58 bits per heavy atom. The molecule has 1 aromatic heterocycles. The fraction of sp³-hybridized carbons (Fsp3) is 0.462. The van der Waals surface area contributed by atoms with E-state index in [4.69, 9.17) is 4.74 Å². The number of rotatable bonds is 5. The molecule has 1 rings (SSSR count). The number of aromatic nitrogens is 1. The molecule has 1 heterocycles. The quantitative estimate of drug-likeness (QED) is 0.756. The molecule has 0 unspecified atom stereocenters. The molecule has 0 saturated heterocycles. The first-order valence-electron chi connectivity index (χ1n) is 5.79. The molecule has 0 spiro atoms. The van der Waals surface area contributed by atoms with E-state index in [0.29, 0.717) is 18.3 Å². The van der Waals surface area contributed by atoms with E-state index in [1.54, 1.807) is 0 Å². The third-order valence-corrected chi connectivity index (χ3v) is 2.17. The Bertz CT molecular complexity index is 436. The van der Waals surface area contributed by atoms with Crippen LogP contribution in [0.25, 0.3) is 0 Å². The molecule has 0 fully saturated rings. The molecule has 6 nitrogen and oxygen atoms in total. The second-order valence-corrected chi connectivity index (χ2v) is 4.26. The second kappa shape index (κ2) is 6.72. The third kappa shape index (κ3) is 4.24. The molecule has 0 radical (unpaired) electrons. The van der Waals surface area contributed by atoms with Crippen LogP contribution < -0.4 is 4.74 Å². The van der Waals surface area contributed by atoms with Gasteiger partial charge in [0.2, 0.25) is 0 Å². The Balaban J connectivity index is 3.08. The number of hydrogen-bond acceptors (Lipinski definition) is 6. The van der Waals surface area contributed by atoms with Crippen molar-refractivity contribution in [1.29, 1.82) is 0 Å². The van der Waals surface area contributed by atoms with Crippen LogP contribution in [0.15, 0.2) is 12.1 Å². The van der Waals surface area contributed by atoms with Gasteiger partial charge in [0.15, 0.2) is 11.4 Å². The summed E-state index contributed by atoms with van der Waals surface area (Å²) in [4.78, 5) is 26.8. The minimum atomic E-state index is -0.639. The van der Waals surface area contributed by atoms with Gasteiger partial charge >= 0.3 is 11.9 Å². The summed E-state index contributed by atoms with van der Waals surface area (Å²) in [6.07, 6.45) is 0. The Kier molecular flexibility index (Phi) is 5.29.